The Morgan fingerprint density at radius 1 is 1.33 bits per heavy atom. The first-order chi connectivity index (χ1) is 7.33. The van der Waals surface area contributed by atoms with Gasteiger partial charge >= 0.3 is 35.6 Å². The van der Waals surface area contributed by atoms with Gasteiger partial charge in [-0.25, -0.2) is 0 Å². The molecule has 2 rings (SSSR count). The third kappa shape index (κ3) is 3.65. The number of rotatable bonds is 1. The quantitative estimate of drug-likeness (QED) is 0.580. The van der Waals surface area contributed by atoms with E-state index in [1.54, 1.807) is 7.05 Å². The van der Waals surface area contributed by atoms with Crippen molar-refractivity contribution < 1.29 is 17.0 Å². The van der Waals surface area contributed by atoms with Crippen LogP contribution in [-0.2, 0) is 17.0 Å². The van der Waals surface area contributed by atoms with Gasteiger partial charge in [-0.3, -0.25) is 4.99 Å². The number of aromatic nitrogens is 1. The summed E-state index contributed by atoms with van der Waals surface area (Å²) in [6.07, 6.45) is 3.65. The van der Waals surface area contributed by atoms with E-state index in [0.717, 1.165) is 11.1 Å². The Kier molecular flexibility index (Phi) is 6.03. The van der Waals surface area contributed by atoms with Gasteiger partial charge in [-0.1, -0.05) is 24.3 Å². The second kappa shape index (κ2) is 7.07. The number of para-hydroxylation sites is 1. The summed E-state index contributed by atoms with van der Waals surface area (Å²) in [7, 11) is 11.5. The van der Waals surface area contributed by atoms with E-state index in [1.165, 1.54) is 5.39 Å². The number of nitrogens with zero attached hydrogens (tertiary/aromatic N) is 2. The standard InChI is InChI=1S/C10H9N2.2ClH.Ti/c1-11-7-9-4-2-3-8-5-6-12-10(8)9;;;/h2-7H,1H3;2*1H;/q-1;;;+2/p-2. The molecule has 0 aliphatic carbocycles. The van der Waals surface area contributed by atoms with Crippen LogP contribution in [0.25, 0.3) is 10.9 Å². The van der Waals surface area contributed by atoms with Crippen LogP contribution in [0.4, 0.5) is 0 Å². The summed E-state index contributed by atoms with van der Waals surface area (Å²) in [5.74, 6) is 0. The van der Waals surface area contributed by atoms with E-state index in [-0.39, 0.29) is 0 Å². The first-order valence-electron chi connectivity index (χ1n) is 4.22. The van der Waals surface area contributed by atoms with E-state index < -0.39 is 17.0 Å². The second-order valence-electron chi connectivity index (χ2n) is 2.69. The minimum atomic E-state index is -0.556. The Bertz CT molecular complexity index is 440. The van der Waals surface area contributed by atoms with Gasteiger partial charge in [-0.05, 0) is 10.9 Å². The third-order valence-electron chi connectivity index (χ3n) is 1.82. The fourth-order valence-electron chi connectivity index (χ4n) is 1.30. The van der Waals surface area contributed by atoms with Crippen molar-refractivity contribution in [3.8, 4) is 0 Å². The summed E-state index contributed by atoms with van der Waals surface area (Å²) in [5.41, 5.74) is 2.11. The number of halogens is 2. The van der Waals surface area contributed by atoms with Crippen LogP contribution in [0.5, 0.6) is 0 Å². The molecule has 0 saturated carbocycles. The van der Waals surface area contributed by atoms with E-state index in [0.29, 0.717) is 0 Å². The van der Waals surface area contributed by atoms with Crippen molar-refractivity contribution in [2.24, 2.45) is 4.99 Å². The number of benzene rings is 1. The maximum atomic E-state index is 4.89. The third-order valence-corrected chi connectivity index (χ3v) is 1.82. The fourth-order valence-corrected chi connectivity index (χ4v) is 1.30. The van der Waals surface area contributed by atoms with Gasteiger partial charge in [0.15, 0.2) is 0 Å². The van der Waals surface area contributed by atoms with Gasteiger partial charge in [-0.2, -0.15) is 6.20 Å². The van der Waals surface area contributed by atoms with Crippen LogP contribution in [0, 0.1) is 0 Å². The SMILES string of the molecule is CN=Cc1cccc2cc[n-]c12.[Cl][Ti][Cl]. The van der Waals surface area contributed by atoms with Crippen molar-refractivity contribution >= 4 is 35.7 Å². The Morgan fingerprint density at radius 3 is 2.73 bits per heavy atom. The van der Waals surface area contributed by atoms with Gasteiger partial charge in [0.25, 0.3) is 0 Å². The zero-order valence-corrected chi connectivity index (χ0v) is 11.2. The molecule has 0 aliphatic heterocycles. The fraction of sp³-hybridized carbons (Fsp3) is 0.100. The molecular weight excluding hydrogens is 267 g/mol. The predicted molar refractivity (Wildman–Crippen MR) is 62.5 cm³/mol. The number of aliphatic imine (C=N–C) groups is 1. The van der Waals surface area contributed by atoms with Crippen molar-refractivity contribution in [3.63, 3.8) is 0 Å². The molecule has 1 aromatic carbocycles. The summed E-state index contributed by atoms with van der Waals surface area (Å²) in [5, 5.41) is 1.17. The first-order valence-corrected chi connectivity index (χ1v) is 8.52. The number of fused-ring (bicyclic) bond motifs is 1. The monoisotopic (exact) mass is 275 g/mol. The molecule has 0 bridgehead atoms. The zero-order chi connectivity index (χ0) is 11.1. The molecule has 2 aromatic rings. The van der Waals surface area contributed by atoms with Crippen LogP contribution in [0.1, 0.15) is 5.56 Å². The molecular formula is C10H9Cl2N2Ti-. The van der Waals surface area contributed by atoms with Gasteiger partial charge in [0, 0.05) is 13.3 Å². The van der Waals surface area contributed by atoms with Crippen molar-refractivity contribution in [1.82, 2.24) is 4.98 Å². The molecule has 0 unspecified atom stereocenters. The predicted octanol–water partition coefficient (Wildman–Crippen LogP) is 3.22. The molecule has 2 nitrogen and oxygen atoms in total. The van der Waals surface area contributed by atoms with Crippen LogP contribution in [-0.4, -0.2) is 13.3 Å². The van der Waals surface area contributed by atoms with Crippen LogP contribution in [0.15, 0.2) is 35.5 Å². The Morgan fingerprint density at radius 2 is 2.07 bits per heavy atom. The van der Waals surface area contributed by atoms with Crippen LogP contribution in [0.2, 0.25) is 0 Å². The van der Waals surface area contributed by atoms with Gasteiger partial charge in [-0.15, -0.1) is 5.52 Å². The number of hydrogen-bond acceptors (Lipinski definition) is 1. The topological polar surface area (TPSA) is 26.5 Å². The van der Waals surface area contributed by atoms with E-state index in [1.807, 2.05) is 30.6 Å². The Balaban J connectivity index is 0.000000337. The summed E-state index contributed by atoms with van der Waals surface area (Å²) in [4.78, 5) is 8.22. The normalized spacial score (nSPS) is 10.1. The molecule has 0 aliphatic rings. The van der Waals surface area contributed by atoms with Crippen LogP contribution < -0.4 is 4.98 Å². The summed E-state index contributed by atoms with van der Waals surface area (Å²) in [6.45, 7) is 0. The molecule has 0 atom stereocenters. The Hall–Kier alpha value is -0.276. The van der Waals surface area contributed by atoms with Gasteiger partial charge < -0.3 is 4.98 Å². The van der Waals surface area contributed by atoms with Crippen LogP contribution in [0.3, 0.4) is 0 Å². The van der Waals surface area contributed by atoms with Crippen molar-refractivity contribution in [2.75, 3.05) is 7.05 Å². The molecule has 0 spiro atoms. The summed E-state index contributed by atoms with van der Waals surface area (Å²) >= 11 is -0.556. The molecule has 1 aromatic heterocycles. The second-order valence-corrected chi connectivity index (χ2v) is 5.27. The van der Waals surface area contributed by atoms with Crippen molar-refractivity contribution in [3.05, 3.63) is 36.0 Å². The molecule has 78 valence electrons. The zero-order valence-electron chi connectivity index (χ0n) is 8.11. The molecule has 0 N–H and O–H groups in total. The first kappa shape index (κ1) is 12.8. The minimum absolute atomic E-state index is 0.556. The summed E-state index contributed by atoms with van der Waals surface area (Å²) < 4.78 is 0. The average molecular weight is 276 g/mol. The van der Waals surface area contributed by atoms with Gasteiger partial charge in [0.2, 0.25) is 0 Å². The molecule has 1 heterocycles. The van der Waals surface area contributed by atoms with E-state index in [2.05, 4.69) is 16.0 Å². The molecule has 15 heavy (non-hydrogen) atoms. The van der Waals surface area contributed by atoms with Crippen molar-refractivity contribution in [1.29, 1.82) is 0 Å². The Labute approximate surface area is 105 Å². The van der Waals surface area contributed by atoms with Crippen LogP contribution >= 0.6 is 18.6 Å². The van der Waals surface area contributed by atoms with Crippen molar-refractivity contribution in [2.45, 2.75) is 0 Å². The maximum absolute atomic E-state index is 4.89. The molecule has 0 amide bonds. The average Bonchev–Trinajstić information content (AvgIpc) is 2.68. The molecule has 0 saturated heterocycles. The summed E-state index contributed by atoms with van der Waals surface area (Å²) in [6, 6.07) is 8.08. The molecule has 0 radical (unpaired) electrons. The molecule has 0 fully saturated rings. The van der Waals surface area contributed by atoms with Gasteiger partial charge in [0.05, 0.1) is 0 Å². The van der Waals surface area contributed by atoms with E-state index >= 15 is 0 Å². The molecule has 5 heteroatoms. The van der Waals surface area contributed by atoms with E-state index in [9.17, 15) is 0 Å². The van der Waals surface area contributed by atoms with E-state index in [4.69, 9.17) is 18.6 Å². The van der Waals surface area contributed by atoms with Gasteiger partial charge in [0.1, 0.15) is 0 Å². The number of hydrogen-bond donors (Lipinski definition) is 0.